The highest BCUT2D eigenvalue weighted by Crippen LogP contribution is 2.47. The van der Waals surface area contributed by atoms with E-state index in [-0.39, 0.29) is 6.61 Å². The maximum Gasteiger partial charge on any atom is 0.408 e. The van der Waals surface area contributed by atoms with Gasteiger partial charge in [0.15, 0.2) is 5.54 Å². The van der Waals surface area contributed by atoms with Gasteiger partial charge >= 0.3 is 12.2 Å². The van der Waals surface area contributed by atoms with E-state index in [0.717, 1.165) is 0 Å². The van der Waals surface area contributed by atoms with Crippen molar-refractivity contribution >= 4 is 35.1 Å². The van der Waals surface area contributed by atoms with Crippen molar-refractivity contribution in [1.29, 1.82) is 0 Å². The minimum absolute atomic E-state index is 0.136. The molecule has 9 heteroatoms. The topological polar surface area (TPSA) is 97.0 Å². The molecule has 2 aromatic rings. The molecule has 1 aromatic heterocycles. The molecule has 0 fully saturated rings. The minimum atomic E-state index is -1.61. The van der Waals surface area contributed by atoms with Gasteiger partial charge in [0.1, 0.15) is 11.6 Å². The van der Waals surface area contributed by atoms with Crippen molar-refractivity contribution in [2.75, 3.05) is 18.6 Å². The summed E-state index contributed by atoms with van der Waals surface area (Å²) in [5.41, 5.74) is -1.15. The Bertz CT molecular complexity index is 970. The van der Waals surface area contributed by atoms with E-state index in [9.17, 15) is 14.4 Å². The van der Waals surface area contributed by atoms with E-state index < -0.39 is 35.3 Å². The Morgan fingerprint density at radius 2 is 1.87 bits per heavy atom. The molecule has 1 aliphatic heterocycles. The van der Waals surface area contributed by atoms with Crippen molar-refractivity contribution in [2.45, 2.75) is 44.9 Å². The summed E-state index contributed by atoms with van der Waals surface area (Å²) in [4.78, 5) is 41.2. The molecular formula is C22H27N3O5S. The van der Waals surface area contributed by atoms with Gasteiger partial charge in [-0.3, -0.25) is 4.79 Å². The number of benzene rings is 1. The van der Waals surface area contributed by atoms with Gasteiger partial charge in [-0.15, -0.1) is 11.3 Å². The number of ether oxygens (including phenoxy) is 2. The fourth-order valence-electron chi connectivity index (χ4n) is 3.66. The summed E-state index contributed by atoms with van der Waals surface area (Å²) in [5, 5.41) is 7.44. The largest absolute Gasteiger partial charge is 0.450 e. The molecule has 0 bridgehead atoms. The highest BCUT2D eigenvalue weighted by molar-refractivity contribution is 7.10. The third kappa shape index (κ3) is 4.36. The first kappa shape index (κ1) is 22.6. The van der Waals surface area contributed by atoms with Crippen molar-refractivity contribution in [3.63, 3.8) is 0 Å². The van der Waals surface area contributed by atoms with Gasteiger partial charge in [-0.1, -0.05) is 24.3 Å². The maximum atomic E-state index is 13.7. The number of para-hydroxylation sites is 1. The van der Waals surface area contributed by atoms with E-state index in [2.05, 4.69) is 10.6 Å². The lowest BCUT2D eigenvalue weighted by atomic mass is 9.82. The molecule has 0 saturated heterocycles. The van der Waals surface area contributed by atoms with Crippen molar-refractivity contribution in [3.8, 4) is 0 Å². The Labute approximate surface area is 185 Å². The van der Waals surface area contributed by atoms with Gasteiger partial charge in [-0.2, -0.15) is 0 Å². The van der Waals surface area contributed by atoms with Crippen LogP contribution >= 0.6 is 11.3 Å². The van der Waals surface area contributed by atoms with Gasteiger partial charge in [0.2, 0.25) is 0 Å². The summed E-state index contributed by atoms with van der Waals surface area (Å²) in [6, 6.07) is 9.84. The first-order valence-electron chi connectivity index (χ1n) is 9.95. The average Bonchev–Trinajstić information content (AvgIpc) is 3.28. The zero-order valence-corrected chi connectivity index (χ0v) is 19.0. The molecule has 166 valence electrons. The molecule has 2 heterocycles. The monoisotopic (exact) mass is 445 g/mol. The summed E-state index contributed by atoms with van der Waals surface area (Å²) >= 11 is 1.36. The third-order valence-corrected chi connectivity index (χ3v) is 5.77. The van der Waals surface area contributed by atoms with E-state index >= 15 is 0 Å². The first-order chi connectivity index (χ1) is 14.6. The number of nitrogens with zero attached hydrogens (tertiary/aromatic N) is 1. The van der Waals surface area contributed by atoms with E-state index in [4.69, 9.17) is 9.47 Å². The summed E-state index contributed by atoms with van der Waals surface area (Å²) < 4.78 is 10.6. The molecule has 8 nitrogen and oxygen atoms in total. The Hall–Kier alpha value is -3.07. The fourth-order valence-corrected chi connectivity index (χ4v) is 4.51. The Morgan fingerprint density at radius 3 is 2.48 bits per heavy atom. The Morgan fingerprint density at radius 1 is 1.16 bits per heavy atom. The zero-order chi connectivity index (χ0) is 22.8. The number of hydrogen-bond acceptors (Lipinski definition) is 6. The highest BCUT2D eigenvalue weighted by Gasteiger charge is 2.58. The molecular weight excluding hydrogens is 418 g/mol. The molecule has 2 N–H and O–H groups in total. The highest BCUT2D eigenvalue weighted by atomic mass is 32.1. The van der Waals surface area contributed by atoms with Crippen LogP contribution in [0, 0.1) is 0 Å². The van der Waals surface area contributed by atoms with Gasteiger partial charge in [-0.05, 0) is 45.2 Å². The van der Waals surface area contributed by atoms with E-state index in [1.165, 1.54) is 16.2 Å². The van der Waals surface area contributed by atoms with Crippen LogP contribution in [0.15, 0.2) is 41.8 Å². The molecule has 3 amide bonds. The molecule has 1 aromatic carbocycles. The predicted molar refractivity (Wildman–Crippen MR) is 118 cm³/mol. The summed E-state index contributed by atoms with van der Waals surface area (Å²) in [6.07, 6.45) is -1.45. The van der Waals surface area contributed by atoms with Gasteiger partial charge in [0.05, 0.1) is 6.61 Å². The molecule has 1 aliphatic rings. The van der Waals surface area contributed by atoms with E-state index in [1.807, 2.05) is 17.5 Å². The maximum absolute atomic E-state index is 13.7. The van der Waals surface area contributed by atoms with Crippen LogP contribution in [0.5, 0.6) is 0 Å². The molecule has 0 spiro atoms. The minimum Gasteiger partial charge on any atom is -0.450 e. The second-order valence-electron chi connectivity index (χ2n) is 8.13. The number of anilines is 1. The first-order valence-corrected chi connectivity index (χ1v) is 10.8. The van der Waals surface area contributed by atoms with Crippen molar-refractivity contribution in [1.82, 2.24) is 10.6 Å². The van der Waals surface area contributed by atoms with Crippen LogP contribution in [-0.4, -0.2) is 37.3 Å². The van der Waals surface area contributed by atoms with Crippen molar-refractivity contribution in [3.05, 3.63) is 52.2 Å². The van der Waals surface area contributed by atoms with Crippen LogP contribution in [0.2, 0.25) is 0 Å². The normalized spacial score (nSPS) is 18.9. The smallest absolute Gasteiger partial charge is 0.408 e. The van der Waals surface area contributed by atoms with Crippen molar-refractivity contribution < 1.29 is 23.9 Å². The molecule has 31 heavy (non-hydrogen) atoms. The number of thiophene rings is 1. The summed E-state index contributed by atoms with van der Waals surface area (Å²) in [7, 11) is 1.63. The lowest BCUT2D eigenvalue weighted by molar-refractivity contribution is -0.125. The standard InChI is InChI=1S/C22H27N3O5S/c1-6-29-20(28)24-22(14-10-7-8-11-15(14)25(5)18(22)26)17(16-12-9-13-31-16)23-19(27)30-21(2,3)4/h7-13,17H,6H2,1-5H3,(H,23,27)(H,24,28)/t17-,22?/m1/s1. The van der Waals surface area contributed by atoms with Gasteiger partial charge in [0.25, 0.3) is 5.91 Å². The zero-order valence-electron chi connectivity index (χ0n) is 18.2. The molecule has 0 saturated carbocycles. The number of fused-ring (bicyclic) bond motifs is 1. The predicted octanol–water partition coefficient (Wildman–Crippen LogP) is 3.93. The fraction of sp³-hybridized carbons (Fsp3) is 0.409. The number of nitrogens with one attached hydrogen (secondary N) is 2. The number of alkyl carbamates (subject to hydrolysis) is 2. The number of carbonyl (C=O) groups excluding carboxylic acids is 3. The molecule has 2 atom stereocenters. The van der Waals surface area contributed by atoms with Crippen LogP contribution in [0.25, 0.3) is 0 Å². The third-order valence-electron chi connectivity index (χ3n) is 4.83. The SMILES string of the molecule is CCOC(=O)NC1([C@H](NC(=O)OC(C)(C)C)c2cccs2)C(=O)N(C)c2ccccc21. The average molecular weight is 446 g/mol. The second kappa shape index (κ2) is 8.58. The number of amides is 3. The van der Waals surface area contributed by atoms with Gasteiger partial charge in [-0.25, -0.2) is 9.59 Å². The molecule has 1 unspecified atom stereocenters. The number of hydrogen-bond donors (Lipinski definition) is 2. The summed E-state index contributed by atoms with van der Waals surface area (Å²) in [5.74, 6) is -0.392. The molecule has 0 aliphatic carbocycles. The van der Waals surface area contributed by atoms with Gasteiger partial charge in [0, 0.05) is 23.2 Å². The summed E-state index contributed by atoms with van der Waals surface area (Å²) in [6.45, 7) is 7.07. The Kier molecular flexibility index (Phi) is 6.26. The van der Waals surface area contributed by atoms with Crippen LogP contribution in [0.1, 0.15) is 44.2 Å². The van der Waals surface area contributed by atoms with Gasteiger partial charge < -0.3 is 25.0 Å². The number of rotatable bonds is 5. The quantitative estimate of drug-likeness (QED) is 0.727. The van der Waals surface area contributed by atoms with Crippen LogP contribution in [0.4, 0.5) is 15.3 Å². The van der Waals surface area contributed by atoms with E-state index in [1.54, 1.807) is 59.0 Å². The van der Waals surface area contributed by atoms with Crippen LogP contribution < -0.4 is 15.5 Å². The number of carbonyl (C=O) groups is 3. The number of likely N-dealkylation sites (N-methyl/N-ethyl adjacent to an activating group) is 1. The van der Waals surface area contributed by atoms with Crippen LogP contribution in [0.3, 0.4) is 0 Å². The van der Waals surface area contributed by atoms with Crippen LogP contribution in [-0.2, 0) is 19.8 Å². The Balaban J connectivity index is 2.17. The van der Waals surface area contributed by atoms with E-state index in [0.29, 0.717) is 16.1 Å². The lowest BCUT2D eigenvalue weighted by Crippen LogP contribution is -2.60. The molecule has 3 rings (SSSR count). The lowest BCUT2D eigenvalue weighted by Gasteiger charge is -2.37. The molecule has 0 radical (unpaired) electrons. The second-order valence-corrected chi connectivity index (χ2v) is 9.11. The van der Waals surface area contributed by atoms with Crippen molar-refractivity contribution in [2.24, 2.45) is 0 Å².